The number of aryl methyl sites for hydroxylation is 2. The Bertz CT molecular complexity index is 686. The summed E-state index contributed by atoms with van der Waals surface area (Å²) < 4.78 is 0. The second-order valence-electron chi connectivity index (χ2n) is 5.35. The number of nitrogens with one attached hydrogen (secondary N) is 1. The van der Waals surface area contributed by atoms with Gasteiger partial charge in [-0.2, -0.15) is 0 Å². The molecule has 0 atom stereocenters. The van der Waals surface area contributed by atoms with Crippen LogP contribution in [0.1, 0.15) is 23.4 Å². The molecule has 4 nitrogen and oxygen atoms in total. The van der Waals surface area contributed by atoms with E-state index in [9.17, 15) is 0 Å². The molecule has 0 radical (unpaired) electrons. The molecule has 1 aromatic heterocycles. The summed E-state index contributed by atoms with van der Waals surface area (Å²) in [5.41, 5.74) is 13.4. The predicted molar refractivity (Wildman–Crippen MR) is 77.4 cm³/mol. The molecule has 0 saturated carbocycles. The van der Waals surface area contributed by atoms with E-state index in [1.807, 2.05) is 19.1 Å². The quantitative estimate of drug-likeness (QED) is 0.790. The van der Waals surface area contributed by atoms with Crippen LogP contribution in [0.25, 0.3) is 17.1 Å². The Hall–Kier alpha value is -2.10. The number of aromatic amines is 1. The minimum Gasteiger partial charge on any atom is -0.398 e. The first kappa shape index (κ1) is 12.0. The summed E-state index contributed by atoms with van der Waals surface area (Å²) in [6.45, 7) is 2.01. The fourth-order valence-electron chi connectivity index (χ4n) is 2.47. The number of hydrogen-bond donors (Lipinski definition) is 1. The van der Waals surface area contributed by atoms with Crippen molar-refractivity contribution in [3.63, 3.8) is 0 Å². The Morgan fingerprint density at radius 2 is 2.05 bits per heavy atom. The third kappa shape index (κ3) is 2.03. The van der Waals surface area contributed by atoms with Crippen LogP contribution in [-0.2, 0) is 6.42 Å². The van der Waals surface area contributed by atoms with Crippen LogP contribution in [0.5, 0.6) is 0 Å². The van der Waals surface area contributed by atoms with E-state index in [-0.39, 0.29) is 0 Å². The summed E-state index contributed by atoms with van der Waals surface area (Å²) in [6.07, 6.45) is 4.21. The van der Waals surface area contributed by atoms with Crippen molar-refractivity contribution in [2.75, 3.05) is 19.8 Å². The Labute approximate surface area is 113 Å². The van der Waals surface area contributed by atoms with Crippen molar-refractivity contribution in [1.82, 2.24) is 9.88 Å². The van der Waals surface area contributed by atoms with Crippen molar-refractivity contribution < 1.29 is 4.98 Å². The van der Waals surface area contributed by atoms with Gasteiger partial charge in [0.15, 0.2) is 0 Å². The van der Waals surface area contributed by atoms with E-state index in [1.165, 1.54) is 5.70 Å². The van der Waals surface area contributed by atoms with Crippen LogP contribution in [0, 0.1) is 6.92 Å². The molecule has 1 aliphatic rings. The number of allylic oxidation sites excluding steroid dienone is 1. The highest BCUT2D eigenvalue weighted by atomic mass is 15.1. The molecule has 0 bridgehead atoms. The molecule has 1 aromatic carbocycles. The molecule has 0 unspecified atom stereocenters. The smallest absolute Gasteiger partial charge is 0.232 e. The first-order chi connectivity index (χ1) is 9.04. The highest BCUT2D eigenvalue weighted by Crippen LogP contribution is 2.24. The van der Waals surface area contributed by atoms with Crippen molar-refractivity contribution in [3.05, 3.63) is 34.8 Å². The molecule has 1 aliphatic carbocycles. The first-order valence-corrected chi connectivity index (χ1v) is 6.54. The minimum atomic E-state index is 0.804. The van der Waals surface area contributed by atoms with Gasteiger partial charge >= 0.3 is 0 Å². The molecule has 19 heavy (non-hydrogen) atoms. The van der Waals surface area contributed by atoms with Gasteiger partial charge in [-0.15, -0.1) is 0 Å². The maximum Gasteiger partial charge on any atom is 0.232 e. The molecule has 0 spiro atoms. The van der Waals surface area contributed by atoms with E-state index in [2.05, 4.69) is 30.1 Å². The van der Waals surface area contributed by atoms with Crippen molar-refractivity contribution in [2.45, 2.75) is 19.8 Å². The van der Waals surface area contributed by atoms with Gasteiger partial charge < -0.3 is 10.6 Å². The molecule has 0 fully saturated rings. The molecule has 0 amide bonds. The van der Waals surface area contributed by atoms with Crippen LogP contribution in [0.2, 0.25) is 0 Å². The van der Waals surface area contributed by atoms with Gasteiger partial charge in [-0.05, 0) is 25.0 Å². The molecule has 4 heteroatoms. The zero-order valence-corrected chi connectivity index (χ0v) is 11.6. The Morgan fingerprint density at radius 3 is 2.79 bits per heavy atom. The summed E-state index contributed by atoms with van der Waals surface area (Å²) in [7, 11) is 4.15. The summed E-state index contributed by atoms with van der Waals surface area (Å²) in [5.74, 6) is 0. The van der Waals surface area contributed by atoms with E-state index in [0.717, 1.165) is 46.5 Å². The van der Waals surface area contributed by atoms with Gasteiger partial charge in [0.2, 0.25) is 11.2 Å². The highest BCUT2D eigenvalue weighted by molar-refractivity contribution is 5.78. The fourth-order valence-corrected chi connectivity index (χ4v) is 2.47. The van der Waals surface area contributed by atoms with E-state index in [4.69, 9.17) is 10.7 Å². The monoisotopic (exact) mass is 255 g/mol. The van der Waals surface area contributed by atoms with E-state index < -0.39 is 0 Å². The van der Waals surface area contributed by atoms with E-state index in [0.29, 0.717) is 0 Å². The lowest BCUT2D eigenvalue weighted by Gasteiger charge is -2.19. The zero-order valence-electron chi connectivity index (χ0n) is 11.6. The largest absolute Gasteiger partial charge is 0.398 e. The maximum atomic E-state index is 5.97. The SMILES string of the molecule is Cc1cc2nc3c([nH+]c2cc1N)C=C(N(C)C)CC3. The van der Waals surface area contributed by atoms with Gasteiger partial charge in [0.05, 0.1) is 0 Å². The van der Waals surface area contributed by atoms with E-state index in [1.54, 1.807) is 0 Å². The third-order valence-electron chi connectivity index (χ3n) is 3.72. The summed E-state index contributed by atoms with van der Waals surface area (Å²) in [4.78, 5) is 10.4. The van der Waals surface area contributed by atoms with Crippen molar-refractivity contribution in [1.29, 1.82) is 0 Å². The number of anilines is 1. The molecule has 3 rings (SSSR count). The second kappa shape index (κ2) is 4.23. The topological polar surface area (TPSA) is 56.3 Å². The summed E-state index contributed by atoms with van der Waals surface area (Å²) in [5, 5.41) is 0. The number of rotatable bonds is 1. The molecule has 3 N–H and O–H groups in total. The number of hydrogen-bond acceptors (Lipinski definition) is 3. The number of nitrogens with zero attached hydrogens (tertiary/aromatic N) is 2. The van der Waals surface area contributed by atoms with Crippen LogP contribution in [0.15, 0.2) is 17.8 Å². The number of nitrogens with two attached hydrogens (primary N) is 1. The van der Waals surface area contributed by atoms with E-state index >= 15 is 0 Å². The number of benzene rings is 1. The predicted octanol–water partition coefficient (Wildman–Crippen LogP) is 1.79. The molecule has 1 heterocycles. The van der Waals surface area contributed by atoms with Crippen LogP contribution >= 0.6 is 0 Å². The Morgan fingerprint density at radius 1 is 1.26 bits per heavy atom. The van der Waals surface area contributed by atoms with Gasteiger partial charge in [-0.3, -0.25) is 0 Å². The van der Waals surface area contributed by atoms with Crippen LogP contribution < -0.4 is 10.7 Å². The Balaban J connectivity index is 2.19. The Kier molecular flexibility index (Phi) is 2.66. The molecule has 2 aromatic rings. The molecule has 0 saturated heterocycles. The molecule has 0 aliphatic heterocycles. The summed E-state index contributed by atoms with van der Waals surface area (Å²) in [6, 6.07) is 4.02. The van der Waals surface area contributed by atoms with Crippen molar-refractivity contribution in [3.8, 4) is 0 Å². The van der Waals surface area contributed by atoms with Gasteiger partial charge in [-0.1, -0.05) is 0 Å². The lowest BCUT2D eigenvalue weighted by atomic mass is 10.0. The first-order valence-electron chi connectivity index (χ1n) is 6.54. The normalized spacial score (nSPS) is 14.2. The van der Waals surface area contributed by atoms with Crippen LogP contribution in [0.3, 0.4) is 0 Å². The lowest BCUT2D eigenvalue weighted by Crippen LogP contribution is -2.22. The van der Waals surface area contributed by atoms with Crippen molar-refractivity contribution >= 4 is 22.8 Å². The number of H-pyrrole nitrogens is 1. The van der Waals surface area contributed by atoms with Crippen LogP contribution in [0.4, 0.5) is 5.69 Å². The average molecular weight is 255 g/mol. The molecular formula is C15H19N4+. The lowest BCUT2D eigenvalue weighted by molar-refractivity contribution is -0.349. The number of nitrogen functional groups attached to an aromatic ring is 1. The minimum absolute atomic E-state index is 0.804. The number of fused-ring (bicyclic) bond motifs is 2. The van der Waals surface area contributed by atoms with Gasteiger partial charge in [-0.25, -0.2) is 9.97 Å². The van der Waals surface area contributed by atoms with Crippen LogP contribution in [-0.4, -0.2) is 24.0 Å². The third-order valence-corrected chi connectivity index (χ3v) is 3.72. The van der Waals surface area contributed by atoms with Gasteiger partial charge in [0.1, 0.15) is 11.2 Å². The van der Waals surface area contributed by atoms with Gasteiger partial charge in [0, 0.05) is 44.0 Å². The highest BCUT2D eigenvalue weighted by Gasteiger charge is 2.20. The zero-order chi connectivity index (χ0) is 13.6. The second-order valence-corrected chi connectivity index (χ2v) is 5.35. The van der Waals surface area contributed by atoms with Crippen molar-refractivity contribution in [2.24, 2.45) is 0 Å². The maximum absolute atomic E-state index is 5.97. The number of aromatic nitrogens is 2. The van der Waals surface area contributed by atoms with Gasteiger partial charge in [0.25, 0.3) is 0 Å². The standard InChI is InChI=1S/C15H18N4/c1-9-6-13-15(8-11(9)16)18-14-7-10(19(2)3)4-5-12(14)17-13/h6-8H,4-5,16H2,1-3H3/p+1. The average Bonchev–Trinajstić information content (AvgIpc) is 2.37. The molecule has 98 valence electrons. The summed E-state index contributed by atoms with van der Waals surface area (Å²) >= 11 is 0. The molecular weight excluding hydrogens is 236 g/mol. The fraction of sp³-hybridized carbons (Fsp3) is 0.333.